The SMILES string of the molecule is CCCC(C)(N)CN(C)C1CCN(C)CC1. The molecule has 0 aromatic rings. The zero-order chi connectivity index (χ0) is 12.2. The lowest BCUT2D eigenvalue weighted by atomic mass is 9.95. The Kier molecular flexibility index (Phi) is 5.22. The summed E-state index contributed by atoms with van der Waals surface area (Å²) in [5.41, 5.74) is 6.29. The Bertz CT molecular complexity index is 195. The van der Waals surface area contributed by atoms with Gasteiger partial charge in [-0.2, -0.15) is 0 Å². The molecule has 0 aromatic heterocycles. The molecule has 1 aliphatic rings. The van der Waals surface area contributed by atoms with Crippen LogP contribution in [0.15, 0.2) is 0 Å². The molecule has 3 nitrogen and oxygen atoms in total. The van der Waals surface area contributed by atoms with E-state index >= 15 is 0 Å². The molecule has 1 rings (SSSR count). The van der Waals surface area contributed by atoms with Crippen molar-refractivity contribution in [2.45, 2.75) is 51.1 Å². The fourth-order valence-corrected chi connectivity index (χ4v) is 2.78. The Balaban J connectivity index is 2.36. The molecular weight excluding hydrogens is 198 g/mol. The van der Waals surface area contributed by atoms with E-state index in [1.54, 1.807) is 0 Å². The number of rotatable bonds is 5. The van der Waals surface area contributed by atoms with Crippen molar-refractivity contribution in [3.63, 3.8) is 0 Å². The van der Waals surface area contributed by atoms with Crippen LogP contribution in [0.3, 0.4) is 0 Å². The van der Waals surface area contributed by atoms with Crippen molar-refractivity contribution in [3.8, 4) is 0 Å². The minimum absolute atomic E-state index is 0.0210. The van der Waals surface area contributed by atoms with Crippen LogP contribution in [0.5, 0.6) is 0 Å². The summed E-state index contributed by atoms with van der Waals surface area (Å²) in [6.07, 6.45) is 4.86. The summed E-state index contributed by atoms with van der Waals surface area (Å²) in [5, 5.41) is 0. The molecule has 1 fully saturated rings. The van der Waals surface area contributed by atoms with Crippen molar-refractivity contribution >= 4 is 0 Å². The minimum atomic E-state index is -0.0210. The van der Waals surface area contributed by atoms with Gasteiger partial charge in [-0.1, -0.05) is 13.3 Å². The number of likely N-dealkylation sites (tertiary alicyclic amines) is 1. The maximum atomic E-state index is 6.31. The van der Waals surface area contributed by atoms with Crippen molar-refractivity contribution in [2.75, 3.05) is 33.7 Å². The molecule has 0 saturated carbocycles. The monoisotopic (exact) mass is 227 g/mol. The van der Waals surface area contributed by atoms with E-state index in [4.69, 9.17) is 5.73 Å². The van der Waals surface area contributed by atoms with Crippen LogP contribution in [0.4, 0.5) is 0 Å². The Morgan fingerprint density at radius 1 is 1.38 bits per heavy atom. The second-order valence-corrected chi connectivity index (χ2v) is 5.85. The number of likely N-dealkylation sites (N-methyl/N-ethyl adjacent to an activating group) is 1. The van der Waals surface area contributed by atoms with Gasteiger partial charge in [-0.3, -0.25) is 0 Å². The molecular formula is C13H29N3. The van der Waals surface area contributed by atoms with Crippen molar-refractivity contribution < 1.29 is 0 Å². The van der Waals surface area contributed by atoms with E-state index < -0.39 is 0 Å². The molecule has 0 radical (unpaired) electrons. The van der Waals surface area contributed by atoms with Gasteiger partial charge in [0.2, 0.25) is 0 Å². The minimum Gasteiger partial charge on any atom is -0.324 e. The summed E-state index contributed by atoms with van der Waals surface area (Å²) in [4.78, 5) is 4.89. The smallest absolute Gasteiger partial charge is 0.0254 e. The summed E-state index contributed by atoms with van der Waals surface area (Å²) < 4.78 is 0. The van der Waals surface area contributed by atoms with Gasteiger partial charge in [-0.25, -0.2) is 0 Å². The first kappa shape index (κ1) is 13.9. The van der Waals surface area contributed by atoms with Crippen LogP contribution in [0.1, 0.15) is 39.5 Å². The lowest BCUT2D eigenvalue weighted by Gasteiger charge is -2.39. The molecule has 1 aliphatic heterocycles. The first-order valence-corrected chi connectivity index (χ1v) is 6.62. The van der Waals surface area contributed by atoms with E-state index in [1.165, 1.54) is 32.4 Å². The third kappa shape index (κ3) is 4.40. The quantitative estimate of drug-likeness (QED) is 0.773. The molecule has 1 heterocycles. The highest BCUT2D eigenvalue weighted by Crippen LogP contribution is 2.17. The number of nitrogens with zero attached hydrogens (tertiary/aromatic N) is 2. The van der Waals surface area contributed by atoms with Gasteiger partial charge >= 0.3 is 0 Å². The first-order valence-electron chi connectivity index (χ1n) is 6.62. The predicted octanol–water partition coefficient (Wildman–Crippen LogP) is 1.53. The molecule has 0 amide bonds. The molecule has 0 spiro atoms. The Labute approximate surface area is 101 Å². The second-order valence-electron chi connectivity index (χ2n) is 5.85. The lowest BCUT2D eigenvalue weighted by Crippen LogP contribution is -2.51. The van der Waals surface area contributed by atoms with Crippen LogP contribution in [-0.4, -0.2) is 55.1 Å². The maximum absolute atomic E-state index is 6.31. The standard InChI is InChI=1S/C13H29N3/c1-5-8-13(2,14)11-16(4)12-6-9-15(3)10-7-12/h12H,5-11,14H2,1-4H3. The number of piperidine rings is 1. The highest BCUT2D eigenvalue weighted by Gasteiger charge is 2.25. The number of hydrogen-bond donors (Lipinski definition) is 1. The van der Waals surface area contributed by atoms with Crippen molar-refractivity contribution in [1.82, 2.24) is 9.80 Å². The fourth-order valence-electron chi connectivity index (χ4n) is 2.78. The van der Waals surface area contributed by atoms with Crippen LogP contribution < -0.4 is 5.73 Å². The third-order valence-corrected chi connectivity index (χ3v) is 3.74. The Morgan fingerprint density at radius 3 is 2.44 bits per heavy atom. The highest BCUT2D eigenvalue weighted by atomic mass is 15.2. The zero-order valence-electron chi connectivity index (χ0n) is 11.5. The molecule has 1 atom stereocenters. The van der Waals surface area contributed by atoms with Crippen molar-refractivity contribution in [3.05, 3.63) is 0 Å². The van der Waals surface area contributed by atoms with Gasteiger partial charge in [0.1, 0.15) is 0 Å². The van der Waals surface area contributed by atoms with Crippen LogP contribution in [0.25, 0.3) is 0 Å². The van der Waals surface area contributed by atoms with Gasteiger partial charge in [-0.05, 0) is 53.4 Å². The van der Waals surface area contributed by atoms with Gasteiger partial charge in [0.15, 0.2) is 0 Å². The molecule has 0 aliphatic carbocycles. The fraction of sp³-hybridized carbons (Fsp3) is 1.00. The van der Waals surface area contributed by atoms with E-state index in [0.29, 0.717) is 0 Å². The first-order chi connectivity index (χ1) is 7.44. The summed E-state index contributed by atoms with van der Waals surface area (Å²) in [5.74, 6) is 0. The van der Waals surface area contributed by atoms with Crippen LogP contribution in [0, 0.1) is 0 Å². The molecule has 0 aromatic carbocycles. The molecule has 16 heavy (non-hydrogen) atoms. The van der Waals surface area contributed by atoms with Gasteiger partial charge in [0.05, 0.1) is 0 Å². The van der Waals surface area contributed by atoms with E-state index in [0.717, 1.165) is 19.0 Å². The van der Waals surface area contributed by atoms with Crippen LogP contribution in [0.2, 0.25) is 0 Å². The van der Waals surface area contributed by atoms with E-state index in [1.807, 2.05) is 0 Å². The van der Waals surface area contributed by atoms with Crippen LogP contribution in [-0.2, 0) is 0 Å². The molecule has 1 saturated heterocycles. The summed E-state index contributed by atoms with van der Waals surface area (Å²) in [6.45, 7) is 7.87. The summed E-state index contributed by atoms with van der Waals surface area (Å²) in [6, 6.07) is 0.732. The molecule has 0 bridgehead atoms. The zero-order valence-corrected chi connectivity index (χ0v) is 11.5. The van der Waals surface area contributed by atoms with E-state index in [9.17, 15) is 0 Å². The number of hydrogen-bond acceptors (Lipinski definition) is 3. The van der Waals surface area contributed by atoms with Gasteiger partial charge in [0, 0.05) is 18.1 Å². The van der Waals surface area contributed by atoms with Gasteiger partial charge in [-0.15, -0.1) is 0 Å². The summed E-state index contributed by atoms with van der Waals surface area (Å²) >= 11 is 0. The van der Waals surface area contributed by atoms with E-state index in [2.05, 4.69) is 37.7 Å². The lowest BCUT2D eigenvalue weighted by molar-refractivity contribution is 0.122. The predicted molar refractivity (Wildman–Crippen MR) is 70.6 cm³/mol. The molecule has 1 unspecified atom stereocenters. The topological polar surface area (TPSA) is 32.5 Å². The average Bonchev–Trinajstić information content (AvgIpc) is 2.17. The van der Waals surface area contributed by atoms with Gasteiger partial charge < -0.3 is 15.5 Å². The number of nitrogens with two attached hydrogens (primary N) is 1. The maximum Gasteiger partial charge on any atom is 0.0254 e. The molecule has 96 valence electrons. The third-order valence-electron chi connectivity index (χ3n) is 3.74. The van der Waals surface area contributed by atoms with Crippen molar-refractivity contribution in [2.24, 2.45) is 5.73 Å². The Hall–Kier alpha value is -0.120. The largest absolute Gasteiger partial charge is 0.324 e. The van der Waals surface area contributed by atoms with E-state index in [-0.39, 0.29) is 5.54 Å². The second kappa shape index (κ2) is 5.99. The summed E-state index contributed by atoms with van der Waals surface area (Å²) in [7, 11) is 4.44. The normalized spacial score (nSPS) is 23.6. The average molecular weight is 227 g/mol. The Morgan fingerprint density at radius 2 is 1.94 bits per heavy atom. The van der Waals surface area contributed by atoms with Crippen LogP contribution >= 0.6 is 0 Å². The molecule has 3 heteroatoms. The van der Waals surface area contributed by atoms with Gasteiger partial charge in [0.25, 0.3) is 0 Å². The van der Waals surface area contributed by atoms with Crippen molar-refractivity contribution in [1.29, 1.82) is 0 Å². The highest BCUT2D eigenvalue weighted by molar-refractivity contribution is 4.85. The molecule has 2 N–H and O–H groups in total.